The van der Waals surface area contributed by atoms with E-state index in [9.17, 15) is 0 Å². The van der Waals surface area contributed by atoms with Crippen LogP contribution in [0.25, 0.3) is 0 Å². The van der Waals surface area contributed by atoms with Gasteiger partial charge in [0.25, 0.3) is 0 Å². The molecule has 0 radical (unpaired) electrons. The molecule has 0 fully saturated rings. The zero-order chi connectivity index (χ0) is 11.3. The molecule has 1 aliphatic heterocycles. The van der Waals surface area contributed by atoms with Crippen LogP contribution in [0.2, 0.25) is 0 Å². The lowest BCUT2D eigenvalue weighted by Crippen LogP contribution is -2.28. The van der Waals surface area contributed by atoms with Gasteiger partial charge in [0.1, 0.15) is 0 Å². The van der Waals surface area contributed by atoms with Gasteiger partial charge in [0.15, 0.2) is 0 Å². The minimum absolute atomic E-state index is 0.625. The molecule has 0 saturated carbocycles. The first-order chi connectivity index (χ1) is 7.22. The Balaban J connectivity index is 2.70. The van der Waals surface area contributed by atoms with Crippen LogP contribution in [-0.2, 0) is 0 Å². The van der Waals surface area contributed by atoms with Crippen LogP contribution in [0.4, 0.5) is 0 Å². The van der Waals surface area contributed by atoms with Gasteiger partial charge in [0, 0.05) is 25.0 Å². The summed E-state index contributed by atoms with van der Waals surface area (Å²) >= 11 is 0. The van der Waals surface area contributed by atoms with Crippen LogP contribution in [0.3, 0.4) is 0 Å². The van der Waals surface area contributed by atoms with Crippen LogP contribution in [0.15, 0.2) is 37.2 Å². The van der Waals surface area contributed by atoms with Gasteiger partial charge in [-0.05, 0) is 12.3 Å². The molecule has 0 aromatic carbocycles. The predicted octanol–water partition coefficient (Wildman–Crippen LogP) is 2.82. The second-order valence-corrected chi connectivity index (χ2v) is 4.08. The summed E-state index contributed by atoms with van der Waals surface area (Å²) in [5, 5.41) is 0. The van der Waals surface area contributed by atoms with E-state index in [0.29, 0.717) is 5.92 Å². The van der Waals surface area contributed by atoms with Crippen molar-refractivity contribution < 1.29 is 0 Å². The summed E-state index contributed by atoms with van der Waals surface area (Å²) in [4.78, 5) is 4.67. The summed E-state index contributed by atoms with van der Waals surface area (Å²) < 4.78 is 0. The maximum absolute atomic E-state index is 3.81. The van der Waals surface area contributed by atoms with E-state index in [-0.39, 0.29) is 0 Å². The predicted molar refractivity (Wildman–Crippen MR) is 66.2 cm³/mol. The van der Waals surface area contributed by atoms with Gasteiger partial charge in [-0.15, -0.1) is 13.2 Å². The zero-order valence-electron chi connectivity index (χ0n) is 9.95. The van der Waals surface area contributed by atoms with Crippen LogP contribution in [-0.4, -0.2) is 29.6 Å². The van der Waals surface area contributed by atoms with Gasteiger partial charge in [0.2, 0.25) is 0 Å². The molecule has 2 heteroatoms. The first kappa shape index (κ1) is 11.9. The van der Waals surface area contributed by atoms with Crippen molar-refractivity contribution in [1.29, 1.82) is 0 Å². The molecule has 84 valence electrons. The van der Waals surface area contributed by atoms with Crippen molar-refractivity contribution in [2.24, 2.45) is 5.92 Å². The second kappa shape index (κ2) is 5.64. The third kappa shape index (κ3) is 2.88. The Bertz CT molecular complexity index is 255. The monoisotopic (exact) mass is 206 g/mol. The molecule has 2 nitrogen and oxygen atoms in total. The van der Waals surface area contributed by atoms with Gasteiger partial charge in [-0.2, -0.15) is 0 Å². The summed E-state index contributed by atoms with van der Waals surface area (Å²) in [6, 6.07) is 0. The third-order valence-electron chi connectivity index (χ3n) is 2.86. The Morgan fingerprint density at radius 3 is 2.60 bits per heavy atom. The highest BCUT2D eigenvalue weighted by Crippen LogP contribution is 2.24. The van der Waals surface area contributed by atoms with Crippen LogP contribution in [0.1, 0.15) is 20.3 Å². The highest BCUT2D eigenvalue weighted by Gasteiger charge is 2.22. The lowest BCUT2D eigenvalue weighted by Gasteiger charge is -2.24. The number of allylic oxidation sites excluding steroid dienone is 1. The largest absolute Gasteiger partial charge is 0.355 e. The minimum Gasteiger partial charge on any atom is -0.355 e. The average Bonchev–Trinajstić information content (AvgIpc) is 2.61. The van der Waals surface area contributed by atoms with E-state index in [1.165, 1.54) is 12.1 Å². The molecular formula is C13H22N2. The van der Waals surface area contributed by atoms with Gasteiger partial charge in [-0.25, -0.2) is 0 Å². The molecule has 0 N–H and O–H groups in total. The molecule has 0 amide bonds. The zero-order valence-corrected chi connectivity index (χ0v) is 9.95. The first-order valence-electron chi connectivity index (χ1n) is 5.65. The molecule has 1 unspecified atom stereocenters. The van der Waals surface area contributed by atoms with E-state index >= 15 is 0 Å². The Kier molecular flexibility index (Phi) is 4.47. The van der Waals surface area contributed by atoms with Gasteiger partial charge in [-0.1, -0.05) is 26.0 Å². The molecule has 1 atom stereocenters. The third-order valence-corrected chi connectivity index (χ3v) is 2.86. The average molecular weight is 206 g/mol. The lowest BCUT2D eigenvalue weighted by atomic mass is 10.1. The molecule has 1 heterocycles. The lowest BCUT2D eigenvalue weighted by molar-refractivity contribution is 0.273. The van der Waals surface area contributed by atoms with Gasteiger partial charge in [0.05, 0.1) is 6.67 Å². The number of hydrogen-bond acceptors (Lipinski definition) is 2. The molecule has 1 rings (SSSR count). The molecule has 0 saturated heterocycles. The van der Waals surface area contributed by atoms with E-state index in [0.717, 1.165) is 19.8 Å². The molecule has 0 spiro atoms. The normalized spacial score (nSPS) is 17.6. The summed E-state index contributed by atoms with van der Waals surface area (Å²) in [6.07, 6.45) is 7.36. The van der Waals surface area contributed by atoms with Crippen LogP contribution in [0, 0.1) is 5.92 Å². The Labute approximate surface area is 93.6 Å². The van der Waals surface area contributed by atoms with Crippen molar-refractivity contribution in [2.45, 2.75) is 20.3 Å². The van der Waals surface area contributed by atoms with Crippen molar-refractivity contribution in [3.63, 3.8) is 0 Å². The standard InChI is InChI=1S/C13H22N2/c1-5-8-14-10-13(12(4)7-3)15(11-14)9-6-2/h5-6,10,12H,1-2,7-9,11H2,3-4H3. The fourth-order valence-corrected chi connectivity index (χ4v) is 1.85. The summed E-state index contributed by atoms with van der Waals surface area (Å²) in [6.45, 7) is 14.9. The maximum atomic E-state index is 3.81. The summed E-state index contributed by atoms with van der Waals surface area (Å²) in [7, 11) is 0. The van der Waals surface area contributed by atoms with Gasteiger partial charge >= 0.3 is 0 Å². The second-order valence-electron chi connectivity index (χ2n) is 4.08. The molecule has 0 aliphatic carbocycles. The summed E-state index contributed by atoms with van der Waals surface area (Å²) in [5.41, 5.74) is 1.43. The number of nitrogens with zero attached hydrogens (tertiary/aromatic N) is 2. The van der Waals surface area contributed by atoms with Crippen molar-refractivity contribution >= 4 is 0 Å². The minimum atomic E-state index is 0.625. The number of hydrogen-bond donors (Lipinski definition) is 0. The van der Waals surface area contributed by atoms with E-state index < -0.39 is 0 Å². The van der Waals surface area contributed by atoms with Crippen molar-refractivity contribution in [2.75, 3.05) is 19.8 Å². The molecule has 0 bridgehead atoms. The van der Waals surface area contributed by atoms with Crippen molar-refractivity contribution in [1.82, 2.24) is 9.80 Å². The SMILES string of the molecule is C=CCN1C=C(C(C)CC)N(CC=C)C1. The Morgan fingerprint density at radius 1 is 1.40 bits per heavy atom. The van der Waals surface area contributed by atoms with Crippen molar-refractivity contribution in [3.8, 4) is 0 Å². The quantitative estimate of drug-likeness (QED) is 0.617. The van der Waals surface area contributed by atoms with Crippen molar-refractivity contribution in [3.05, 3.63) is 37.2 Å². The molecule has 0 aromatic rings. The maximum Gasteiger partial charge on any atom is 0.0902 e. The Hall–Kier alpha value is -1.18. The van der Waals surface area contributed by atoms with Crippen LogP contribution >= 0.6 is 0 Å². The van der Waals surface area contributed by atoms with E-state index in [1.807, 2.05) is 12.2 Å². The highest BCUT2D eigenvalue weighted by atomic mass is 15.4. The molecule has 0 aromatic heterocycles. The van der Waals surface area contributed by atoms with E-state index in [4.69, 9.17) is 0 Å². The van der Waals surface area contributed by atoms with Crippen LogP contribution in [0.5, 0.6) is 0 Å². The fraction of sp³-hybridized carbons (Fsp3) is 0.538. The van der Waals surface area contributed by atoms with Gasteiger partial charge in [-0.3, -0.25) is 0 Å². The molecule has 15 heavy (non-hydrogen) atoms. The highest BCUT2D eigenvalue weighted by molar-refractivity contribution is 5.11. The number of rotatable bonds is 6. The smallest absolute Gasteiger partial charge is 0.0902 e. The fourth-order valence-electron chi connectivity index (χ4n) is 1.85. The molecular weight excluding hydrogens is 184 g/mol. The Morgan fingerprint density at radius 2 is 2.07 bits per heavy atom. The van der Waals surface area contributed by atoms with Gasteiger partial charge < -0.3 is 9.80 Å². The topological polar surface area (TPSA) is 6.48 Å². The first-order valence-corrected chi connectivity index (χ1v) is 5.65. The van der Waals surface area contributed by atoms with Crippen LogP contribution < -0.4 is 0 Å². The van der Waals surface area contributed by atoms with E-state index in [1.54, 1.807) is 0 Å². The van der Waals surface area contributed by atoms with E-state index in [2.05, 4.69) is 43.0 Å². The molecule has 1 aliphatic rings. The summed E-state index contributed by atoms with van der Waals surface area (Å²) in [5.74, 6) is 0.625.